The van der Waals surface area contributed by atoms with Crippen molar-refractivity contribution in [1.29, 1.82) is 0 Å². The Morgan fingerprint density at radius 1 is 0.946 bits per heavy atom. The Balaban J connectivity index is 1.51. The summed E-state index contributed by atoms with van der Waals surface area (Å²) in [5, 5.41) is 12.5. The van der Waals surface area contributed by atoms with Crippen molar-refractivity contribution in [2.45, 2.75) is 69.4 Å². The summed E-state index contributed by atoms with van der Waals surface area (Å²) in [5.41, 5.74) is -8.94. The molecule has 2 bridgehead atoms. The monoisotopic (exact) mass is 510 g/mol. The highest BCUT2D eigenvalue weighted by Gasteiger charge is 2.94. The number of hydrogen-bond acceptors (Lipinski definition) is 9. The van der Waals surface area contributed by atoms with Crippen LogP contribution in [0.1, 0.15) is 46.1 Å². The fourth-order valence-corrected chi connectivity index (χ4v) is 7.90. The van der Waals surface area contributed by atoms with Crippen molar-refractivity contribution in [2.24, 2.45) is 10.8 Å². The summed E-state index contributed by atoms with van der Waals surface area (Å²) in [6.07, 6.45) is 0.349. The number of esters is 1. The van der Waals surface area contributed by atoms with Crippen molar-refractivity contribution in [3.05, 3.63) is 46.3 Å². The molecule has 1 aromatic carbocycles. The Morgan fingerprint density at radius 3 is 2.24 bits per heavy atom. The summed E-state index contributed by atoms with van der Waals surface area (Å²) in [7, 11) is 2.88. The van der Waals surface area contributed by atoms with Gasteiger partial charge in [0.05, 0.1) is 18.1 Å². The van der Waals surface area contributed by atoms with Gasteiger partial charge in [-0.3, -0.25) is 4.79 Å². The molecule has 37 heavy (non-hydrogen) atoms. The molecule has 9 heteroatoms. The van der Waals surface area contributed by atoms with Crippen molar-refractivity contribution < 1.29 is 38.1 Å². The highest BCUT2D eigenvalue weighted by atomic mass is 16.6. The number of carbonyl (C=O) groups is 2. The van der Waals surface area contributed by atoms with E-state index in [4.69, 9.17) is 23.4 Å². The van der Waals surface area contributed by atoms with Gasteiger partial charge in [-0.05, 0) is 51.0 Å². The van der Waals surface area contributed by atoms with Crippen LogP contribution in [-0.2, 0) is 25.5 Å². The quantitative estimate of drug-likeness (QED) is 0.491. The molecule has 1 aromatic heterocycles. The van der Waals surface area contributed by atoms with Gasteiger partial charge in [0.15, 0.2) is 5.78 Å². The van der Waals surface area contributed by atoms with Crippen LogP contribution in [0.25, 0.3) is 11.3 Å². The van der Waals surface area contributed by atoms with E-state index < -0.39 is 50.6 Å². The molecule has 4 aliphatic rings. The number of carbonyl (C=O) groups excluding carboxylic acids is 2. The van der Waals surface area contributed by atoms with Gasteiger partial charge in [0, 0.05) is 25.2 Å². The second kappa shape index (κ2) is 6.82. The van der Waals surface area contributed by atoms with E-state index in [1.54, 1.807) is 65.1 Å². The highest BCUT2D eigenvalue weighted by Crippen LogP contribution is 2.76. The van der Waals surface area contributed by atoms with Gasteiger partial charge in [0.1, 0.15) is 39.5 Å². The third-order valence-electron chi connectivity index (χ3n) is 10.1. The Kier molecular flexibility index (Phi) is 4.46. The van der Waals surface area contributed by atoms with E-state index in [2.05, 4.69) is 0 Å². The molecule has 3 fully saturated rings. The normalized spacial score (nSPS) is 38.8. The fraction of sp³-hybridized carbons (Fsp3) is 0.536. The van der Waals surface area contributed by atoms with Gasteiger partial charge in [0.2, 0.25) is 5.60 Å². The molecule has 0 amide bonds. The number of aliphatic hydroxyl groups is 1. The minimum atomic E-state index is -1.89. The maximum Gasteiger partial charge on any atom is 0.347 e. The van der Waals surface area contributed by atoms with Crippen molar-refractivity contribution in [2.75, 3.05) is 14.2 Å². The van der Waals surface area contributed by atoms with Crippen LogP contribution in [0.3, 0.4) is 0 Å². The van der Waals surface area contributed by atoms with E-state index in [0.717, 1.165) is 0 Å². The summed E-state index contributed by atoms with van der Waals surface area (Å²) in [6, 6.07) is 8.69. The minimum absolute atomic E-state index is 0.127. The summed E-state index contributed by atoms with van der Waals surface area (Å²) >= 11 is 0. The molecule has 2 aliphatic carbocycles. The number of methoxy groups -OCH3 is 2. The number of ether oxygens (including phenoxy) is 4. The van der Waals surface area contributed by atoms with E-state index >= 15 is 0 Å². The summed E-state index contributed by atoms with van der Waals surface area (Å²) in [4.78, 5) is 40.6. The molecule has 1 saturated heterocycles. The molecule has 1 N–H and O–H groups in total. The molecular weight excluding hydrogens is 480 g/mol. The Bertz CT molecular complexity index is 1420. The van der Waals surface area contributed by atoms with Crippen LogP contribution in [0.5, 0.6) is 11.5 Å². The van der Waals surface area contributed by atoms with Crippen LogP contribution >= 0.6 is 0 Å². The standard InChI is InChI=1S/C28H30O9/c1-23(2)27-12-11-24(3)26(32,25(27,4)21(30)28(23,34-6)22(31)37-27)14-17-19(36-24)13-18(35-20(17)29)15-7-9-16(33-5)10-8-15/h7-10,13,32H,11-12,14H2,1-6H3/t24-,25-,26-,27-,28+/m1/s1. The summed E-state index contributed by atoms with van der Waals surface area (Å²) in [6.45, 7) is 6.89. The summed E-state index contributed by atoms with van der Waals surface area (Å²) in [5.74, 6) is -0.0281. The van der Waals surface area contributed by atoms with Gasteiger partial charge in [0.25, 0.3) is 0 Å². The van der Waals surface area contributed by atoms with Gasteiger partial charge >= 0.3 is 11.6 Å². The second-order valence-corrected chi connectivity index (χ2v) is 11.5. The molecule has 2 aromatic rings. The smallest absolute Gasteiger partial charge is 0.347 e. The zero-order chi connectivity index (χ0) is 26.8. The lowest BCUT2D eigenvalue weighted by molar-refractivity contribution is -0.286. The fourth-order valence-electron chi connectivity index (χ4n) is 7.90. The molecular formula is C28H30O9. The van der Waals surface area contributed by atoms with Gasteiger partial charge in [-0.15, -0.1) is 0 Å². The van der Waals surface area contributed by atoms with E-state index in [1.807, 2.05) is 0 Å². The lowest BCUT2D eigenvalue weighted by atomic mass is 9.47. The number of Topliss-reactive ketones (excluding diaryl/α,β-unsaturated/α-hetero) is 1. The first kappa shape index (κ1) is 24.2. The average molecular weight is 511 g/mol. The van der Waals surface area contributed by atoms with Gasteiger partial charge in [-0.1, -0.05) is 13.8 Å². The topological polar surface area (TPSA) is 122 Å². The van der Waals surface area contributed by atoms with Gasteiger partial charge in [-0.25, -0.2) is 9.59 Å². The predicted octanol–water partition coefficient (Wildman–Crippen LogP) is 2.83. The van der Waals surface area contributed by atoms with Crippen LogP contribution in [0, 0.1) is 10.8 Å². The highest BCUT2D eigenvalue weighted by molar-refractivity contribution is 6.17. The van der Waals surface area contributed by atoms with Crippen molar-refractivity contribution in [1.82, 2.24) is 0 Å². The van der Waals surface area contributed by atoms with E-state index in [1.165, 1.54) is 7.11 Å². The number of hydrogen-bond donors (Lipinski definition) is 1. The second-order valence-electron chi connectivity index (χ2n) is 11.5. The van der Waals surface area contributed by atoms with Crippen molar-refractivity contribution in [3.63, 3.8) is 0 Å². The summed E-state index contributed by atoms with van der Waals surface area (Å²) < 4.78 is 28.9. The Morgan fingerprint density at radius 2 is 1.62 bits per heavy atom. The van der Waals surface area contributed by atoms with Gasteiger partial charge < -0.3 is 28.5 Å². The first-order valence-corrected chi connectivity index (χ1v) is 12.3. The molecule has 9 nitrogen and oxygen atoms in total. The Hall–Kier alpha value is -3.17. The van der Waals surface area contributed by atoms with Crippen LogP contribution in [0.15, 0.2) is 39.5 Å². The molecule has 3 heterocycles. The van der Waals surface area contributed by atoms with Crippen molar-refractivity contribution >= 4 is 11.8 Å². The van der Waals surface area contributed by atoms with Crippen LogP contribution in [0.4, 0.5) is 0 Å². The number of benzene rings is 1. The maximum atomic E-state index is 14.2. The molecule has 6 rings (SSSR count). The Labute approximate surface area is 213 Å². The zero-order valence-electron chi connectivity index (χ0n) is 21.7. The first-order valence-electron chi connectivity index (χ1n) is 12.3. The third-order valence-corrected chi connectivity index (χ3v) is 10.1. The van der Waals surface area contributed by atoms with Crippen LogP contribution in [-0.4, -0.2) is 53.5 Å². The number of ketones is 1. The van der Waals surface area contributed by atoms with Crippen molar-refractivity contribution in [3.8, 4) is 22.8 Å². The molecule has 2 saturated carbocycles. The molecule has 5 atom stereocenters. The van der Waals surface area contributed by atoms with Crippen LogP contribution < -0.4 is 15.1 Å². The van der Waals surface area contributed by atoms with E-state index in [9.17, 15) is 19.5 Å². The molecule has 196 valence electrons. The first-order chi connectivity index (χ1) is 17.3. The third kappa shape index (κ3) is 2.29. The lowest BCUT2D eigenvalue weighted by Gasteiger charge is -2.64. The molecule has 2 aliphatic heterocycles. The van der Waals surface area contributed by atoms with E-state index in [0.29, 0.717) is 22.8 Å². The number of rotatable bonds is 3. The molecule has 1 spiro atoms. The zero-order valence-corrected chi connectivity index (χ0v) is 21.7. The molecule has 0 unspecified atom stereocenters. The predicted molar refractivity (Wildman–Crippen MR) is 129 cm³/mol. The number of fused-ring (bicyclic) bond motifs is 4. The van der Waals surface area contributed by atoms with Gasteiger partial charge in [-0.2, -0.15) is 0 Å². The van der Waals surface area contributed by atoms with E-state index in [-0.39, 0.29) is 24.8 Å². The average Bonchev–Trinajstić information content (AvgIpc) is 3.10. The van der Waals surface area contributed by atoms with Crippen LogP contribution in [0.2, 0.25) is 0 Å². The lowest BCUT2D eigenvalue weighted by Crippen LogP contribution is -2.79. The largest absolute Gasteiger partial charge is 0.497 e. The SMILES string of the molecule is COc1ccc(-c2cc3c(c(=O)o2)C[C@]2(O)[C@@]4(C)C(=O)[C@]5(OC)C(=O)O[C@]4(CC[C@@]2(C)O3)C5(C)C)cc1. The maximum absolute atomic E-state index is 14.2. The molecule has 0 radical (unpaired) electrons. The minimum Gasteiger partial charge on any atom is -0.497 e.